The maximum absolute atomic E-state index is 12.2. The topological polar surface area (TPSA) is 66.3 Å². The molecule has 0 aliphatic rings. The summed E-state index contributed by atoms with van der Waals surface area (Å²) < 4.78 is 36.6. The molecular weight excluding hydrogens is 239 g/mol. The summed E-state index contributed by atoms with van der Waals surface area (Å²) in [6.45, 7) is 0.433. The number of anilines is 1. The Morgan fingerprint density at radius 2 is 1.94 bits per heavy atom. The average Bonchev–Trinajstić information content (AvgIpc) is 2.25. The van der Waals surface area contributed by atoms with Crippen LogP contribution >= 0.6 is 0 Å². The van der Waals surface area contributed by atoms with E-state index in [1.807, 2.05) is 0 Å². The number of rotatable bonds is 4. The van der Waals surface area contributed by atoms with Gasteiger partial charge in [0.25, 0.3) is 0 Å². The molecule has 1 aromatic rings. The highest BCUT2D eigenvalue weighted by molar-refractivity contribution is 5.86. The van der Waals surface area contributed by atoms with Crippen molar-refractivity contribution in [1.29, 1.82) is 0 Å². The third-order valence-electron chi connectivity index (χ3n) is 1.92. The SMILES string of the molecule is CCN(CC(F)(F)F)c1ncc(C(=O)O)cn1. The van der Waals surface area contributed by atoms with E-state index in [1.54, 1.807) is 0 Å². The molecule has 0 radical (unpaired) electrons. The molecule has 1 N–H and O–H groups in total. The molecule has 0 saturated carbocycles. The van der Waals surface area contributed by atoms with Crippen LogP contribution in [0, 0.1) is 0 Å². The van der Waals surface area contributed by atoms with Crippen LogP contribution in [0.4, 0.5) is 19.1 Å². The molecule has 5 nitrogen and oxygen atoms in total. The molecule has 0 spiro atoms. The van der Waals surface area contributed by atoms with E-state index in [2.05, 4.69) is 9.97 Å². The summed E-state index contributed by atoms with van der Waals surface area (Å²) in [5.74, 6) is -1.37. The van der Waals surface area contributed by atoms with Crippen molar-refractivity contribution in [3.05, 3.63) is 18.0 Å². The first kappa shape index (κ1) is 13.2. The largest absolute Gasteiger partial charge is 0.478 e. The van der Waals surface area contributed by atoms with Crippen LogP contribution in [0.5, 0.6) is 0 Å². The van der Waals surface area contributed by atoms with E-state index in [1.165, 1.54) is 6.92 Å². The van der Waals surface area contributed by atoms with E-state index in [0.717, 1.165) is 17.3 Å². The zero-order valence-corrected chi connectivity index (χ0v) is 8.90. The van der Waals surface area contributed by atoms with E-state index in [0.29, 0.717) is 0 Å². The minimum absolute atomic E-state index is 0.0753. The second kappa shape index (κ2) is 4.98. The highest BCUT2D eigenvalue weighted by Crippen LogP contribution is 2.19. The van der Waals surface area contributed by atoms with Gasteiger partial charge in [0.1, 0.15) is 6.54 Å². The van der Waals surface area contributed by atoms with Crippen molar-refractivity contribution in [2.45, 2.75) is 13.1 Å². The number of hydrogen-bond donors (Lipinski definition) is 1. The molecule has 8 heteroatoms. The van der Waals surface area contributed by atoms with E-state index >= 15 is 0 Å². The molecule has 1 rings (SSSR count). The predicted molar refractivity (Wildman–Crippen MR) is 52.9 cm³/mol. The first-order valence-corrected chi connectivity index (χ1v) is 4.70. The Labute approximate surface area is 94.9 Å². The number of hydrogen-bond acceptors (Lipinski definition) is 4. The van der Waals surface area contributed by atoms with E-state index in [9.17, 15) is 18.0 Å². The first-order chi connectivity index (χ1) is 7.83. The first-order valence-electron chi connectivity index (χ1n) is 4.70. The molecular formula is C9H10F3N3O2. The number of nitrogens with zero attached hydrogens (tertiary/aromatic N) is 3. The Balaban J connectivity index is 2.86. The minimum Gasteiger partial charge on any atom is -0.478 e. The van der Waals surface area contributed by atoms with Gasteiger partial charge < -0.3 is 10.0 Å². The summed E-state index contributed by atoms with van der Waals surface area (Å²) in [5.41, 5.74) is -0.170. The number of carboxylic acids is 1. The maximum Gasteiger partial charge on any atom is 0.406 e. The lowest BCUT2D eigenvalue weighted by molar-refractivity contribution is -0.119. The number of alkyl halides is 3. The van der Waals surface area contributed by atoms with Gasteiger partial charge in [-0.1, -0.05) is 0 Å². The third-order valence-corrected chi connectivity index (χ3v) is 1.92. The Morgan fingerprint density at radius 3 is 2.29 bits per heavy atom. The monoisotopic (exact) mass is 249 g/mol. The van der Waals surface area contributed by atoms with E-state index < -0.39 is 18.7 Å². The number of aromatic nitrogens is 2. The molecule has 0 fully saturated rings. The highest BCUT2D eigenvalue weighted by atomic mass is 19.4. The van der Waals surface area contributed by atoms with Crippen LogP contribution in [0.3, 0.4) is 0 Å². The highest BCUT2D eigenvalue weighted by Gasteiger charge is 2.31. The van der Waals surface area contributed by atoms with Crippen molar-refractivity contribution < 1.29 is 23.1 Å². The predicted octanol–water partition coefficient (Wildman–Crippen LogP) is 1.56. The Hall–Kier alpha value is -1.86. The lowest BCUT2D eigenvalue weighted by Gasteiger charge is -2.21. The van der Waals surface area contributed by atoms with Crippen molar-refractivity contribution in [3.8, 4) is 0 Å². The van der Waals surface area contributed by atoms with Gasteiger partial charge in [-0.25, -0.2) is 14.8 Å². The molecule has 17 heavy (non-hydrogen) atoms. The van der Waals surface area contributed by atoms with Crippen molar-refractivity contribution in [1.82, 2.24) is 9.97 Å². The van der Waals surface area contributed by atoms with Crippen LogP contribution in [-0.2, 0) is 0 Å². The van der Waals surface area contributed by atoms with E-state index in [-0.39, 0.29) is 18.1 Å². The number of carbonyl (C=O) groups is 1. The second-order valence-corrected chi connectivity index (χ2v) is 3.21. The third kappa shape index (κ3) is 3.89. The summed E-state index contributed by atoms with van der Waals surface area (Å²) in [4.78, 5) is 18.6. The van der Waals surface area contributed by atoms with Gasteiger partial charge in [-0.15, -0.1) is 0 Å². The zero-order chi connectivity index (χ0) is 13.1. The number of aromatic carboxylic acids is 1. The average molecular weight is 249 g/mol. The molecule has 1 aromatic heterocycles. The van der Waals surface area contributed by atoms with Gasteiger partial charge in [-0.05, 0) is 6.92 Å². The van der Waals surface area contributed by atoms with Crippen molar-refractivity contribution in [3.63, 3.8) is 0 Å². The summed E-state index contributed by atoms with van der Waals surface area (Å²) in [7, 11) is 0. The quantitative estimate of drug-likeness (QED) is 0.877. The molecule has 0 aliphatic carbocycles. The second-order valence-electron chi connectivity index (χ2n) is 3.21. The zero-order valence-electron chi connectivity index (χ0n) is 8.90. The normalized spacial score (nSPS) is 11.3. The van der Waals surface area contributed by atoms with E-state index in [4.69, 9.17) is 5.11 Å². The van der Waals surface area contributed by atoms with Gasteiger partial charge in [-0.2, -0.15) is 13.2 Å². The van der Waals surface area contributed by atoms with Crippen LogP contribution in [0.1, 0.15) is 17.3 Å². The van der Waals surface area contributed by atoms with Crippen LogP contribution in [-0.4, -0.2) is 40.3 Å². The standard InChI is InChI=1S/C9H10F3N3O2/c1-2-15(5-9(10,11)12)8-13-3-6(4-14-8)7(16)17/h3-4H,2,5H2,1H3,(H,16,17). The summed E-state index contributed by atoms with van der Waals surface area (Å²) >= 11 is 0. The molecule has 0 saturated heterocycles. The number of halogens is 3. The van der Waals surface area contributed by atoms with Crippen LogP contribution < -0.4 is 4.90 Å². The van der Waals surface area contributed by atoms with Gasteiger partial charge in [0.15, 0.2) is 0 Å². The molecule has 0 unspecified atom stereocenters. The minimum atomic E-state index is -4.36. The summed E-state index contributed by atoms with van der Waals surface area (Å²) in [5, 5.41) is 8.58. The molecule has 0 atom stereocenters. The Bertz CT molecular complexity index is 391. The molecule has 0 bridgehead atoms. The molecule has 0 aromatic carbocycles. The van der Waals surface area contributed by atoms with Gasteiger partial charge >= 0.3 is 12.1 Å². The van der Waals surface area contributed by atoms with Crippen molar-refractivity contribution >= 4 is 11.9 Å². The van der Waals surface area contributed by atoms with Crippen LogP contribution in [0.25, 0.3) is 0 Å². The van der Waals surface area contributed by atoms with Crippen LogP contribution in [0.15, 0.2) is 12.4 Å². The smallest absolute Gasteiger partial charge is 0.406 e. The van der Waals surface area contributed by atoms with Crippen molar-refractivity contribution in [2.75, 3.05) is 18.0 Å². The van der Waals surface area contributed by atoms with Gasteiger partial charge in [-0.3, -0.25) is 0 Å². The molecule has 1 heterocycles. The van der Waals surface area contributed by atoms with Crippen LogP contribution in [0.2, 0.25) is 0 Å². The lowest BCUT2D eigenvalue weighted by atomic mass is 10.3. The molecule has 94 valence electrons. The fraction of sp³-hybridized carbons (Fsp3) is 0.444. The van der Waals surface area contributed by atoms with Gasteiger partial charge in [0, 0.05) is 18.9 Å². The van der Waals surface area contributed by atoms with Crippen molar-refractivity contribution in [2.24, 2.45) is 0 Å². The van der Waals surface area contributed by atoms with Gasteiger partial charge in [0.05, 0.1) is 5.56 Å². The Morgan fingerprint density at radius 1 is 1.41 bits per heavy atom. The van der Waals surface area contributed by atoms with Gasteiger partial charge in [0.2, 0.25) is 5.95 Å². The fourth-order valence-corrected chi connectivity index (χ4v) is 1.14. The summed E-state index contributed by atoms with van der Waals surface area (Å²) in [6.07, 6.45) is -2.40. The fourth-order valence-electron chi connectivity index (χ4n) is 1.14. The number of carboxylic acid groups (broad SMARTS) is 1. The Kier molecular flexibility index (Phi) is 3.87. The maximum atomic E-state index is 12.2. The summed E-state index contributed by atoms with van der Waals surface area (Å²) in [6, 6.07) is 0. The molecule has 0 aliphatic heterocycles. The lowest BCUT2D eigenvalue weighted by Crippen LogP contribution is -2.35. The molecule has 0 amide bonds.